The van der Waals surface area contributed by atoms with Gasteiger partial charge < -0.3 is 0 Å². The number of aliphatic imine (C=N–C) groups is 1. The fraction of sp³-hybridized carbons (Fsp3) is 0.462. The molecule has 0 spiro atoms. The van der Waals surface area contributed by atoms with Crippen molar-refractivity contribution in [3.63, 3.8) is 0 Å². The second-order valence-electron chi connectivity index (χ2n) is 4.12. The molecule has 1 heterocycles. The van der Waals surface area contributed by atoms with Crippen LogP contribution in [0.5, 0.6) is 0 Å². The van der Waals surface area contributed by atoms with E-state index in [1.807, 2.05) is 6.21 Å². The third-order valence-corrected chi connectivity index (χ3v) is 3.24. The fourth-order valence-electron chi connectivity index (χ4n) is 2.01. The fourth-order valence-corrected chi connectivity index (χ4v) is 2.01. The lowest BCUT2D eigenvalue weighted by Crippen LogP contribution is -2.15. The van der Waals surface area contributed by atoms with Crippen LogP contribution in [0, 0.1) is 13.8 Å². The zero-order valence-corrected chi connectivity index (χ0v) is 9.17. The standard InChI is InChI=1S/C13H17N/c1-4-12-7-13-10(3)9(2)5-6-11(13)8-14-12/h5-6,8,12H,4,7H2,1-3H3. The van der Waals surface area contributed by atoms with Gasteiger partial charge in [-0.2, -0.15) is 0 Å². The van der Waals surface area contributed by atoms with Crippen LogP contribution in [0.1, 0.15) is 35.6 Å². The van der Waals surface area contributed by atoms with Crippen molar-refractivity contribution in [3.8, 4) is 0 Å². The zero-order chi connectivity index (χ0) is 10.1. The van der Waals surface area contributed by atoms with Crippen LogP contribution in [0.2, 0.25) is 0 Å². The maximum absolute atomic E-state index is 4.54. The van der Waals surface area contributed by atoms with Crippen molar-refractivity contribution < 1.29 is 0 Å². The van der Waals surface area contributed by atoms with E-state index in [1.165, 1.54) is 22.3 Å². The average Bonchev–Trinajstić information content (AvgIpc) is 2.23. The molecule has 0 bridgehead atoms. The van der Waals surface area contributed by atoms with Gasteiger partial charge in [-0.15, -0.1) is 0 Å². The molecule has 0 aromatic heterocycles. The van der Waals surface area contributed by atoms with Crippen molar-refractivity contribution in [2.45, 2.75) is 39.7 Å². The van der Waals surface area contributed by atoms with Crippen LogP contribution >= 0.6 is 0 Å². The molecule has 1 nitrogen and oxygen atoms in total. The summed E-state index contributed by atoms with van der Waals surface area (Å²) in [5, 5.41) is 0. The molecule has 1 heteroatoms. The molecule has 0 radical (unpaired) electrons. The lowest BCUT2D eigenvalue weighted by Gasteiger charge is -2.20. The van der Waals surface area contributed by atoms with Crippen LogP contribution in [-0.2, 0) is 6.42 Å². The topological polar surface area (TPSA) is 12.4 Å². The van der Waals surface area contributed by atoms with Crippen LogP contribution in [0.25, 0.3) is 0 Å². The highest BCUT2D eigenvalue weighted by Gasteiger charge is 2.15. The Morgan fingerprint density at radius 3 is 2.86 bits per heavy atom. The number of benzene rings is 1. The summed E-state index contributed by atoms with van der Waals surface area (Å²) in [5.74, 6) is 0. The Bertz CT molecular complexity index is 377. The Kier molecular flexibility index (Phi) is 2.40. The van der Waals surface area contributed by atoms with E-state index in [2.05, 4.69) is 37.9 Å². The number of aryl methyl sites for hydroxylation is 1. The largest absolute Gasteiger partial charge is 0.289 e. The third kappa shape index (κ3) is 1.47. The number of rotatable bonds is 1. The Morgan fingerprint density at radius 2 is 2.14 bits per heavy atom. The van der Waals surface area contributed by atoms with Gasteiger partial charge in [-0.1, -0.05) is 19.1 Å². The van der Waals surface area contributed by atoms with Crippen molar-refractivity contribution in [1.29, 1.82) is 0 Å². The van der Waals surface area contributed by atoms with E-state index >= 15 is 0 Å². The second kappa shape index (κ2) is 3.56. The highest BCUT2D eigenvalue weighted by molar-refractivity contribution is 5.84. The summed E-state index contributed by atoms with van der Waals surface area (Å²) in [6.45, 7) is 6.61. The third-order valence-electron chi connectivity index (χ3n) is 3.24. The number of hydrogen-bond acceptors (Lipinski definition) is 1. The summed E-state index contributed by atoms with van der Waals surface area (Å²) < 4.78 is 0. The van der Waals surface area contributed by atoms with E-state index in [0.29, 0.717) is 6.04 Å². The summed E-state index contributed by atoms with van der Waals surface area (Å²) in [7, 11) is 0. The summed E-state index contributed by atoms with van der Waals surface area (Å²) in [6, 6.07) is 4.88. The zero-order valence-electron chi connectivity index (χ0n) is 9.17. The smallest absolute Gasteiger partial charge is 0.0537 e. The number of hydrogen-bond donors (Lipinski definition) is 0. The monoisotopic (exact) mass is 187 g/mol. The van der Waals surface area contributed by atoms with Crippen molar-refractivity contribution in [3.05, 3.63) is 34.4 Å². The maximum Gasteiger partial charge on any atom is 0.0537 e. The highest BCUT2D eigenvalue weighted by atomic mass is 14.8. The minimum atomic E-state index is 0.503. The average molecular weight is 187 g/mol. The van der Waals surface area contributed by atoms with Gasteiger partial charge in [0.05, 0.1) is 6.04 Å². The number of nitrogens with zero attached hydrogens (tertiary/aromatic N) is 1. The first-order valence-electron chi connectivity index (χ1n) is 5.34. The SMILES string of the molecule is CCC1Cc2c(ccc(C)c2C)C=N1. The van der Waals surface area contributed by atoms with Crippen LogP contribution in [-0.4, -0.2) is 12.3 Å². The van der Waals surface area contributed by atoms with Crippen LogP contribution in [0.4, 0.5) is 0 Å². The van der Waals surface area contributed by atoms with E-state index < -0.39 is 0 Å². The van der Waals surface area contributed by atoms with E-state index in [0.717, 1.165) is 12.8 Å². The molecule has 1 atom stereocenters. The molecule has 0 N–H and O–H groups in total. The van der Waals surface area contributed by atoms with E-state index in [-0.39, 0.29) is 0 Å². The lowest BCUT2D eigenvalue weighted by molar-refractivity contribution is 0.641. The Balaban J connectivity index is 2.47. The van der Waals surface area contributed by atoms with Gasteiger partial charge in [0.25, 0.3) is 0 Å². The first-order valence-corrected chi connectivity index (χ1v) is 5.34. The van der Waals surface area contributed by atoms with E-state index in [9.17, 15) is 0 Å². The molecule has 0 saturated carbocycles. The van der Waals surface area contributed by atoms with Crippen molar-refractivity contribution in [2.24, 2.45) is 4.99 Å². The molecule has 0 amide bonds. The minimum absolute atomic E-state index is 0.503. The molecule has 74 valence electrons. The summed E-state index contributed by atoms with van der Waals surface area (Å²) >= 11 is 0. The molecule has 14 heavy (non-hydrogen) atoms. The number of fused-ring (bicyclic) bond motifs is 1. The lowest BCUT2D eigenvalue weighted by atomic mass is 9.90. The molecule has 0 aliphatic carbocycles. The van der Waals surface area contributed by atoms with Gasteiger partial charge in [0, 0.05) is 6.21 Å². The molecular formula is C13H17N. The molecule has 0 saturated heterocycles. The van der Waals surface area contributed by atoms with E-state index in [4.69, 9.17) is 0 Å². The van der Waals surface area contributed by atoms with Crippen molar-refractivity contribution in [2.75, 3.05) is 0 Å². The molecular weight excluding hydrogens is 170 g/mol. The molecule has 1 aliphatic heterocycles. The van der Waals surface area contributed by atoms with Gasteiger partial charge in [-0.3, -0.25) is 4.99 Å². The normalized spacial score (nSPS) is 19.5. The molecule has 1 aromatic rings. The summed E-state index contributed by atoms with van der Waals surface area (Å²) in [4.78, 5) is 4.54. The molecule has 2 rings (SSSR count). The minimum Gasteiger partial charge on any atom is -0.289 e. The summed E-state index contributed by atoms with van der Waals surface area (Å²) in [6.07, 6.45) is 4.30. The van der Waals surface area contributed by atoms with Crippen molar-refractivity contribution >= 4 is 6.21 Å². The molecule has 1 aromatic carbocycles. The first kappa shape index (κ1) is 9.45. The Hall–Kier alpha value is -1.11. The predicted molar refractivity (Wildman–Crippen MR) is 61.3 cm³/mol. The van der Waals surface area contributed by atoms with Gasteiger partial charge in [0.1, 0.15) is 0 Å². The van der Waals surface area contributed by atoms with Gasteiger partial charge in [-0.25, -0.2) is 0 Å². The molecule has 1 unspecified atom stereocenters. The summed E-state index contributed by atoms with van der Waals surface area (Å²) in [5.41, 5.74) is 5.67. The Labute approximate surface area is 85.9 Å². The maximum atomic E-state index is 4.54. The highest BCUT2D eigenvalue weighted by Crippen LogP contribution is 2.23. The van der Waals surface area contributed by atoms with Gasteiger partial charge in [-0.05, 0) is 48.9 Å². The Morgan fingerprint density at radius 1 is 1.36 bits per heavy atom. The molecule has 0 fully saturated rings. The van der Waals surface area contributed by atoms with Crippen LogP contribution in [0.15, 0.2) is 17.1 Å². The van der Waals surface area contributed by atoms with Gasteiger partial charge >= 0.3 is 0 Å². The van der Waals surface area contributed by atoms with Gasteiger partial charge in [0.2, 0.25) is 0 Å². The quantitative estimate of drug-likeness (QED) is 0.640. The van der Waals surface area contributed by atoms with Crippen LogP contribution < -0.4 is 0 Å². The second-order valence-corrected chi connectivity index (χ2v) is 4.12. The first-order chi connectivity index (χ1) is 6.72. The van der Waals surface area contributed by atoms with Crippen molar-refractivity contribution in [1.82, 2.24) is 0 Å². The van der Waals surface area contributed by atoms with Crippen LogP contribution in [0.3, 0.4) is 0 Å². The van der Waals surface area contributed by atoms with Gasteiger partial charge in [0.15, 0.2) is 0 Å². The molecule has 1 aliphatic rings. The van der Waals surface area contributed by atoms with E-state index in [1.54, 1.807) is 0 Å². The predicted octanol–water partition coefficient (Wildman–Crippen LogP) is 3.06.